The molecular formula is C17H18N4O3S. The van der Waals surface area contributed by atoms with E-state index in [1.807, 2.05) is 12.1 Å². The minimum absolute atomic E-state index is 0.0365. The van der Waals surface area contributed by atoms with Crippen LogP contribution in [-0.2, 0) is 9.84 Å². The maximum Gasteiger partial charge on any atom is 0.222 e. The van der Waals surface area contributed by atoms with Gasteiger partial charge in [0, 0.05) is 23.8 Å². The Kier molecular flexibility index (Phi) is 4.56. The number of aliphatic hydroxyl groups is 1. The summed E-state index contributed by atoms with van der Waals surface area (Å²) in [6.45, 7) is 0.301. The molecule has 0 saturated carbocycles. The second-order valence-corrected chi connectivity index (χ2v) is 7.57. The number of fused-ring (bicyclic) bond motifs is 1. The molecule has 0 atom stereocenters. The summed E-state index contributed by atoms with van der Waals surface area (Å²) >= 11 is 0. The summed E-state index contributed by atoms with van der Waals surface area (Å²) in [4.78, 5) is 8.64. The first-order valence-corrected chi connectivity index (χ1v) is 9.51. The summed E-state index contributed by atoms with van der Waals surface area (Å²) in [6, 6.07) is 12.2. The van der Waals surface area contributed by atoms with Crippen LogP contribution in [0, 0.1) is 0 Å². The Morgan fingerprint density at radius 3 is 2.64 bits per heavy atom. The van der Waals surface area contributed by atoms with E-state index < -0.39 is 9.84 Å². The highest BCUT2D eigenvalue weighted by molar-refractivity contribution is 7.90. The van der Waals surface area contributed by atoms with Crippen LogP contribution in [0.5, 0.6) is 0 Å². The van der Waals surface area contributed by atoms with Gasteiger partial charge in [-0.25, -0.2) is 13.4 Å². The maximum atomic E-state index is 12.0. The lowest BCUT2D eigenvalue weighted by Gasteiger charge is -2.11. The Labute approximate surface area is 145 Å². The molecule has 0 aliphatic heterocycles. The maximum absolute atomic E-state index is 12.0. The molecule has 3 aromatic rings. The van der Waals surface area contributed by atoms with Crippen LogP contribution in [-0.4, -0.2) is 42.9 Å². The van der Waals surface area contributed by atoms with E-state index in [2.05, 4.69) is 15.3 Å². The summed E-state index contributed by atoms with van der Waals surface area (Å²) in [6.07, 6.45) is 1.18. The third-order valence-corrected chi connectivity index (χ3v) is 4.87. The number of hydrogen-bond donors (Lipinski definition) is 3. The number of hydrogen-bond acceptors (Lipinski definition) is 7. The first-order chi connectivity index (χ1) is 11.9. The molecule has 7 nitrogen and oxygen atoms in total. The molecule has 0 aliphatic carbocycles. The van der Waals surface area contributed by atoms with Crippen LogP contribution in [0.3, 0.4) is 0 Å². The zero-order valence-electron chi connectivity index (χ0n) is 13.6. The molecule has 0 radical (unpaired) electrons. The van der Waals surface area contributed by atoms with E-state index in [4.69, 9.17) is 10.8 Å². The fourth-order valence-electron chi connectivity index (χ4n) is 2.65. The van der Waals surface area contributed by atoms with E-state index in [9.17, 15) is 8.42 Å². The molecule has 25 heavy (non-hydrogen) atoms. The summed E-state index contributed by atoms with van der Waals surface area (Å²) in [5.74, 6) is 0.626. The SMILES string of the molecule is CS(=O)(=O)c1ccccc1-c1ccc2c(NCCO)nc(N)nc2c1. The van der Waals surface area contributed by atoms with Gasteiger partial charge in [0.2, 0.25) is 5.95 Å². The third-order valence-electron chi connectivity index (χ3n) is 3.72. The minimum Gasteiger partial charge on any atom is -0.395 e. The second-order valence-electron chi connectivity index (χ2n) is 5.58. The number of nitrogens with one attached hydrogen (secondary N) is 1. The Bertz CT molecular complexity index is 1040. The first kappa shape index (κ1) is 17.1. The molecule has 3 rings (SSSR count). The van der Waals surface area contributed by atoms with Crippen LogP contribution in [0.25, 0.3) is 22.0 Å². The lowest BCUT2D eigenvalue weighted by atomic mass is 10.0. The predicted octanol–water partition coefficient (Wildman–Crippen LogP) is 1.69. The number of nitrogens with zero attached hydrogens (tertiary/aromatic N) is 2. The van der Waals surface area contributed by atoms with Crippen molar-refractivity contribution in [3.05, 3.63) is 42.5 Å². The van der Waals surface area contributed by atoms with Gasteiger partial charge >= 0.3 is 0 Å². The van der Waals surface area contributed by atoms with Crippen molar-refractivity contribution in [2.45, 2.75) is 4.90 Å². The number of anilines is 2. The lowest BCUT2D eigenvalue weighted by Crippen LogP contribution is -2.09. The quantitative estimate of drug-likeness (QED) is 0.635. The molecule has 0 fully saturated rings. The van der Waals surface area contributed by atoms with Gasteiger partial charge in [0.05, 0.1) is 17.0 Å². The molecule has 0 bridgehead atoms. The topological polar surface area (TPSA) is 118 Å². The van der Waals surface area contributed by atoms with E-state index in [0.29, 0.717) is 23.4 Å². The van der Waals surface area contributed by atoms with Crippen molar-refractivity contribution < 1.29 is 13.5 Å². The van der Waals surface area contributed by atoms with Gasteiger partial charge in [-0.15, -0.1) is 0 Å². The van der Waals surface area contributed by atoms with Gasteiger partial charge in [-0.2, -0.15) is 4.98 Å². The molecule has 0 saturated heterocycles. The van der Waals surface area contributed by atoms with Gasteiger partial charge in [-0.3, -0.25) is 0 Å². The largest absolute Gasteiger partial charge is 0.395 e. The van der Waals surface area contributed by atoms with E-state index in [-0.39, 0.29) is 17.5 Å². The van der Waals surface area contributed by atoms with Crippen LogP contribution in [0.2, 0.25) is 0 Å². The first-order valence-electron chi connectivity index (χ1n) is 7.61. The Morgan fingerprint density at radius 2 is 1.92 bits per heavy atom. The van der Waals surface area contributed by atoms with Crippen LogP contribution >= 0.6 is 0 Å². The zero-order valence-corrected chi connectivity index (χ0v) is 14.4. The molecule has 4 N–H and O–H groups in total. The molecular weight excluding hydrogens is 340 g/mol. The number of sulfone groups is 1. The fourth-order valence-corrected chi connectivity index (χ4v) is 3.56. The van der Waals surface area contributed by atoms with E-state index in [1.54, 1.807) is 30.3 Å². The van der Waals surface area contributed by atoms with Crippen LogP contribution in [0.15, 0.2) is 47.4 Å². The van der Waals surface area contributed by atoms with Crippen molar-refractivity contribution in [2.75, 3.05) is 30.5 Å². The molecule has 130 valence electrons. The molecule has 8 heteroatoms. The third kappa shape index (κ3) is 3.54. The monoisotopic (exact) mass is 358 g/mol. The number of nitrogen functional groups attached to an aromatic ring is 1. The van der Waals surface area contributed by atoms with Crippen LogP contribution < -0.4 is 11.1 Å². The highest BCUT2D eigenvalue weighted by Gasteiger charge is 2.15. The van der Waals surface area contributed by atoms with Crippen molar-refractivity contribution in [1.29, 1.82) is 0 Å². The standard InChI is InChI=1S/C17H18N4O3S/c1-25(23,24)15-5-3-2-4-12(15)11-6-7-13-14(10-11)20-17(18)21-16(13)19-8-9-22/h2-7,10,22H,8-9H2,1H3,(H3,18,19,20,21). The zero-order chi connectivity index (χ0) is 18.0. The molecule has 0 amide bonds. The Hall–Kier alpha value is -2.71. The van der Waals surface area contributed by atoms with Gasteiger partial charge in [-0.05, 0) is 23.8 Å². The number of aromatic nitrogens is 2. The molecule has 1 heterocycles. The smallest absolute Gasteiger partial charge is 0.222 e. The van der Waals surface area contributed by atoms with Crippen LogP contribution in [0.4, 0.5) is 11.8 Å². The van der Waals surface area contributed by atoms with Crippen LogP contribution in [0.1, 0.15) is 0 Å². The average Bonchev–Trinajstić information content (AvgIpc) is 2.58. The van der Waals surface area contributed by atoms with Crippen molar-refractivity contribution in [3.8, 4) is 11.1 Å². The van der Waals surface area contributed by atoms with E-state index in [1.165, 1.54) is 6.26 Å². The summed E-state index contributed by atoms with van der Waals surface area (Å²) < 4.78 is 24.1. The highest BCUT2D eigenvalue weighted by atomic mass is 32.2. The summed E-state index contributed by atoms with van der Waals surface area (Å²) in [7, 11) is -3.36. The predicted molar refractivity (Wildman–Crippen MR) is 98.1 cm³/mol. The molecule has 0 spiro atoms. The molecule has 0 aliphatic rings. The number of nitrogens with two attached hydrogens (primary N) is 1. The minimum atomic E-state index is -3.36. The van der Waals surface area contributed by atoms with Gasteiger partial charge in [0.25, 0.3) is 0 Å². The van der Waals surface area contributed by atoms with Gasteiger partial charge < -0.3 is 16.2 Å². The fraction of sp³-hybridized carbons (Fsp3) is 0.176. The van der Waals surface area contributed by atoms with E-state index in [0.717, 1.165) is 10.9 Å². The normalized spacial score (nSPS) is 11.6. The van der Waals surface area contributed by atoms with Gasteiger partial charge in [0.1, 0.15) is 5.82 Å². The van der Waals surface area contributed by atoms with Crippen molar-refractivity contribution in [2.24, 2.45) is 0 Å². The van der Waals surface area contributed by atoms with Crippen molar-refractivity contribution in [1.82, 2.24) is 9.97 Å². The average molecular weight is 358 g/mol. The number of rotatable bonds is 5. The molecule has 2 aromatic carbocycles. The number of benzene rings is 2. The molecule has 0 unspecified atom stereocenters. The second kappa shape index (κ2) is 6.66. The highest BCUT2D eigenvalue weighted by Crippen LogP contribution is 2.31. The number of aliphatic hydroxyl groups excluding tert-OH is 1. The van der Waals surface area contributed by atoms with Gasteiger partial charge in [-0.1, -0.05) is 24.3 Å². The van der Waals surface area contributed by atoms with Gasteiger partial charge in [0.15, 0.2) is 9.84 Å². The van der Waals surface area contributed by atoms with Crippen molar-refractivity contribution >= 4 is 32.5 Å². The molecule has 1 aromatic heterocycles. The Balaban J connectivity index is 2.18. The Morgan fingerprint density at radius 1 is 1.16 bits per heavy atom. The van der Waals surface area contributed by atoms with E-state index >= 15 is 0 Å². The lowest BCUT2D eigenvalue weighted by molar-refractivity contribution is 0.311. The summed E-state index contributed by atoms with van der Waals surface area (Å²) in [5.41, 5.74) is 7.68. The van der Waals surface area contributed by atoms with Crippen molar-refractivity contribution in [3.63, 3.8) is 0 Å². The summed E-state index contributed by atoms with van der Waals surface area (Å²) in [5, 5.41) is 12.7.